The third-order valence-corrected chi connectivity index (χ3v) is 2.88. The Balaban J connectivity index is 0.00000576. The Morgan fingerprint density at radius 1 is 1.28 bits per heavy atom. The molecule has 0 heterocycles. The highest BCUT2D eigenvalue weighted by molar-refractivity contribution is 14.0. The molecule has 0 atom stereocenters. The third kappa shape index (κ3) is 9.63. The highest BCUT2D eigenvalue weighted by Crippen LogP contribution is 2.27. The van der Waals surface area contributed by atoms with Gasteiger partial charge in [-0.3, -0.25) is 0 Å². The maximum Gasteiger partial charge on any atom is 0.387 e. The van der Waals surface area contributed by atoms with E-state index in [1.807, 2.05) is 13.8 Å². The molecule has 0 amide bonds. The Labute approximate surface area is 164 Å². The highest BCUT2D eigenvalue weighted by Gasteiger charge is 2.11. The van der Waals surface area contributed by atoms with Gasteiger partial charge in [-0.1, -0.05) is 6.92 Å². The van der Waals surface area contributed by atoms with Crippen LogP contribution in [0.3, 0.4) is 0 Å². The molecule has 1 rings (SSSR count). The first-order chi connectivity index (χ1) is 11.6. The number of guanidine groups is 1. The molecule has 6 nitrogen and oxygen atoms in total. The lowest BCUT2D eigenvalue weighted by Crippen LogP contribution is -2.38. The van der Waals surface area contributed by atoms with Crippen LogP contribution in [-0.4, -0.2) is 44.0 Å². The SMILES string of the molecule is CCCOc1ccc(CN=C(NCC)NCCO)c(OC(F)F)c1.I. The van der Waals surface area contributed by atoms with E-state index in [2.05, 4.69) is 20.4 Å². The minimum Gasteiger partial charge on any atom is -0.493 e. The monoisotopic (exact) mass is 473 g/mol. The molecule has 0 saturated carbocycles. The van der Waals surface area contributed by atoms with E-state index in [9.17, 15) is 8.78 Å². The summed E-state index contributed by atoms with van der Waals surface area (Å²) >= 11 is 0. The second-order valence-corrected chi connectivity index (χ2v) is 4.84. The van der Waals surface area contributed by atoms with Gasteiger partial charge in [0.15, 0.2) is 5.96 Å². The highest BCUT2D eigenvalue weighted by atomic mass is 127. The molecule has 0 aliphatic rings. The van der Waals surface area contributed by atoms with Crippen LogP contribution in [-0.2, 0) is 6.54 Å². The summed E-state index contributed by atoms with van der Waals surface area (Å²) < 4.78 is 35.3. The number of ether oxygens (including phenoxy) is 2. The van der Waals surface area contributed by atoms with E-state index in [1.165, 1.54) is 6.07 Å². The lowest BCUT2D eigenvalue weighted by molar-refractivity contribution is -0.0505. The molecule has 0 fully saturated rings. The van der Waals surface area contributed by atoms with E-state index < -0.39 is 6.61 Å². The van der Waals surface area contributed by atoms with Gasteiger partial charge in [-0.15, -0.1) is 24.0 Å². The van der Waals surface area contributed by atoms with Gasteiger partial charge in [0.1, 0.15) is 11.5 Å². The van der Waals surface area contributed by atoms with Crippen LogP contribution in [0.15, 0.2) is 23.2 Å². The first-order valence-electron chi connectivity index (χ1n) is 7.94. The Hall–Kier alpha value is -1.36. The predicted octanol–water partition coefficient (Wildman–Crippen LogP) is 2.74. The van der Waals surface area contributed by atoms with Crippen LogP contribution in [0, 0.1) is 0 Å². The van der Waals surface area contributed by atoms with E-state index in [0.29, 0.717) is 37.0 Å². The van der Waals surface area contributed by atoms with Crippen molar-refractivity contribution in [3.63, 3.8) is 0 Å². The molecule has 25 heavy (non-hydrogen) atoms. The van der Waals surface area contributed by atoms with E-state index >= 15 is 0 Å². The fourth-order valence-corrected chi connectivity index (χ4v) is 1.86. The lowest BCUT2D eigenvalue weighted by atomic mass is 10.2. The van der Waals surface area contributed by atoms with Crippen LogP contribution in [0.2, 0.25) is 0 Å². The third-order valence-electron chi connectivity index (χ3n) is 2.88. The number of aliphatic hydroxyl groups excluding tert-OH is 1. The van der Waals surface area contributed by atoms with E-state index in [4.69, 9.17) is 9.84 Å². The summed E-state index contributed by atoms with van der Waals surface area (Å²) in [4.78, 5) is 4.30. The van der Waals surface area contributed by atoms with Crippen molar-refractivity contribution in [3.05, 3.63) is 23.8 Å². The zero-order chi connectivity index (χ0) is 17.8. The first kappa shape index (κ1) is 23.6. The van der Waals surface area contributed by atoms with Crippen molar-refractivity contribution in [1.82, 2.24) is 10.6 Å². The largest absolute Gasteiger partial charge is 0.493 e. The standard InChI is InChI=1S/C16H25F2N3O3.HI/c1-3-9-23-13-6-5-12(14(10-13)24-15(17)18)11-21-16(19-4-2)20-7-8-22;/h5-6,10,15,22H,3-4,7-9,11H2,1-2H3,(H2,19,20,21);1H. The van der Waals surface area contributed by atoms with E-state index in [1.54, 1.807) is 12.1 Å². The van der Waals surface area contributed by atoms with Gasteiger partial charge in [-0.25, -0.2) is 4.99 Å². The van der Waals surface area contributed by atoms with Crippen molar-refractivity contribution in [1.29, 1.82) is 0 Å². The van der Waals surface area contributed by atoms with Crippen molar-refractivity contribution < 1.29 is 23.4 Å². The van der Waals surface area contributed by atoms with E-state index in [0.717, 1.165) is 6.42 Å². The molecule has 1 aromatic carbocycles. The molecule has 144 valence electrons. The number of aliphatic imine (C=N–C) groups is 1. The summed E-state index contributed by atoms with van der Waals surface area (Å²) in [7, 11) is 0. The molecule has 0 aliphatic heterocycles. The Morgan fingerprint density at radius 2 is 2.04 bits per heavy atom. The predicted molar refractivity (Wildman–Crippen MR) is 104 cm³/mol. The fourth-order valence-electron chi connectivity index (χ4n) is 1.86. The molecule has 0 spiro atoms. The number of hydrogen-bond donors (Lipinski definition) is 3. The van der Waals surface area contributed by atoms with Gasteiger partial charge in [-0.05, 0) is 25.5 Å². The van der Waals surface area contributed by atoms with Crippen molar-refractivity contribution in [3.8, 4) is 11.5 Å². The van der Waals surface area contributed by atoms with Crippen LogP contribution in [0.1, 0.15) is 25.8 Å². The van der Waals surface area contributed by atoms with Crippen molar-refractivity contribution in [2.24, 2.45) is 4.99 Å². The van der Waals surface area contributed by atoms with Crippen molar-refractivity contribution >= 4 is 29.9 Å². The number of halogens is 3. The minimum absolute atomic E-state index is 0. The molecule has 0 unspecified atom stereocenters. The fraction of sp³-hybridized carbons (Fsp3) is 0.562. The molecular formula is C16H26F2IN3O3. The van der Waals surface area contributed by atoms with Crippen LogP contribution < -0.4 is 20.1 Å². The molecular weight excluding hydrogens is 447 g/mol. The molecule has 3 N–H and O–H groups in total. The normalized spacial score (nSPS) is 11.0. The van der Waals surface area contributed by atoms with Crippen LogP contribution in [0.5, 0.6) is 11.5 Å². The summed E-state index contributed by atoms with van der Waals surface area (Å²) in [5, 5.41) is 14.8. The number of benzene rings is 1. The molecule has 0 radical (unpaired) electrons. The maximum absolute atomic E-state index is 12.6. The van der Waals surface area contributed by atoms with Gasteiger partial charge < -0.3 is 25.2 Å². The average molecular weight is 473 g/mol. The number of nitrogens with zero attached hydrogens (tertiary/aromatic N) is 1. The van der Waals surface area contributed by atoms with Gasteiger partial charge in [0, 0.05) is 24.7 Å². The maximum atomic E-state index is 12.6. The second-order valence-electron chi connectivity index (χ2n) is 4.84. The van der Waals surface area contributed by atoms with Crippen LogP contribution >= 0.6 is 24.0 Å². The summed E-state index contributed by atoms with van der Waals surface area (Å²) in [6, 6.07) is 4.80. The number of aliphatic hydroxyl groups is 1. The van der Waals surface area contributed by atoms with Gasteiger partial charge in [0.2, 0.25) is 0 Å². The van der Waals surface area contributed by atoms with Crippen LogP contribution in [0.4, 0.5) is 8.78 Å². The lowest BCUT2D eigenvalue weighted by Gasteiger charge is -2.13. The minimum atomic E-state index is -2.92. The summed E-state index contributed by atoms with van der Waals surface area (Å²) in [5.41, 5.74) is 0.514. The van der Waals surface area contributed by atoms with Gasteiger partial charge in [-0.2, -0.15) is 8.78 Å². The van der Waals surface area contributed by atoms with Crippen LogP contribution in [0.25, 0.3) is 0 Å². The molecule has 9 heteroatoms. The molecule has 0 bridgehead atoms. The Bertz CT molecular complexity index is 519. The molecule has 0 aromatic heterocycles. The summed E-state index contributed by atoms with van der Waals surface area (Å²) in [5.74, 6) is 1.01. The van der Waals surface area contributed by atoms with Gasteiger partial charge in [0.25, 0.3) is 0 Å². The number of hydrogen-bond acceptors (Lipinski definition) is 4. The van der Waals surface area contributed by atoms with Gasteiger partial charge in [0.05, 0.1) is 19.8 Å². The molecule has 0 aliphatic carbocycles. The summed E-state index contributed by atoms with van der Waals surface area (Å²) in [6.07, 6.45) is 0.819. The average Bonchev–Trinajstić information content (AvgIpc) is 2.56. The number of nitrogens with one attached hydrogen (secondary N) is 2. The summed E-state index contributed by atoms with van der Waals surface area (Å²) in [6.45, 7) is 2.54. The second kappa shape index (κ2) is 13.9. The number of rotatable bonds is 10. The van der Waals surface area contributed by atoms with Crippen molar-refractivity contribution in [2.45, 2.75) is 33.4 Å². The molecule has 0 saturated heterocycles. The Morgan fingerprint density at radius 3 is 2.64 bits per heavy atom. The van der Waals surface area contributed by atoms with Gasteiger partial charge >= 0.3 is 6.61 Å². The smallest absolute Gasteiger partial charge is 0.387 e. The topological polar surface area (TPSA) is 75.1 Å². The number of alkyl halides is 2. The Kier molecular flexibility index (Phi) is 13.1. The quantitative estimate of drug-likeness (QED) is 0.277. The van der Waals surface area contributed by atoms with E-state index in [-0.39, 0.29) is 42.9 Å². The molecule has 1 aromatic rings. The van der Waals surface area contributed by atoms with Crippen molar-refractivity contribution in [2.75, 3.05) is 26.3 Å². The first-order valence-corrected chi connectivity index (χ1v) is 7.94. The zero-order valence-corrected chi connectivity index (χ0v) is 16.8. The zero-order valence-electron chi connectivity index (χ0n) is 14.4.